The fourth-order valence-electron chi connectivity index (χ4n) is 2.63. The van der Waals surface area contributed by atoms with Gasteiger partial charge in [-0.05, 0) is 44.0 Å². The number of benzene rings is 2. The van der Waals surface area contributed by atoms with Crippen LogP contribution in [0.4, 0.5) is 0 Å². The molecule has 0 aliphatic carbocycles. The molecule has 0 unspecified atom stereocenters. The molecule has 0 atom stereocenters. The lowest BCUT2D eigenvalue weighted by Crippen LogP contribution is -2.38. The summed E-state index contributed by atoms with van der Waals surface area (Å²) in [5, 5.41) is 2.70. The number of likely N-dealkylation sites (N-methyl/N-ethyl adjacent to an activating group) is 1. The van der Waals surface area contributed by atoms with Gasteiger partial charge >= 0.3 is 0 Å². The fourth-order valence-corrected chi connectivity index (χ4v) is 2.63. The van der Waals surface area contributed by atoms with E-state index in [1.807, 2.05) is 63.2 Å². The van der Waals surface area contributed by atoms with E-state index in [4.69, 9.17) is 0 Å². The molecule has 24 heavy (non-hydrogen) atoms. The second-order valence-electron chi connectivity index (χ2n) is 6.24. The predicted octanol–water partition coefficient (Wildman–Crippen LogP) is 3.00. The Morgan fingerprint density at radius 3 is 2.25 bits per heavy atom. The standard InChI is InChI=1S/C20H24N2O2/c1-14-9-15(2)11-18(10-14)20(24)21-12-19(23)22(4)13-17-8-6-5-7-16(17)3/h5-11H,12-13H2,1-4H3,(H,21,24). The average Bonchev–Trinajstić information content (AvgIpc) is 2.53. The molecule has 2 aromatic rings. The van der Waals surface area contributed by atoms with Crippen LogP contribution in [0.3, 0.4) is 0 Å². The normalized spacial score (nSPS) is 10.3. The van der Waals surface area contributed by atoms with Crippen molar-refractivity contribution in [2.24, 2.45) is 0 Å². The van der Waals surface area contributed by atoms with Crippen LogP contribution >= 0.6 is 0 Å². The first-order chi connectivity index (χ1) is 11.4. The molecule has 4 heteroatoms. The summed E-state index contributed by atoms with van der Waals surface area (Å²) in [5.41, 5.74) is 4.90. The summed E-state index contributed by atoms with van der Waals surface area (Å²) < 4.78 is 0. The van der Waals surface area contributed by atoms with E-state index < -0.39 is 0 Å². The van der Waals surface area contributed by atoms with Crippen molar-refractivity contribution in [2.45, 2.75) is 27.3 Å². The number of nitrogens with zero attached hydrogens (tertiary/aromatic N) is 1. The fraction of sp³-hybridized carbons (Fsp3) is 0.300. The number of carbonyl (C=O) groups is 2. The molecule has 2 rings (SSSR count). The Bertz CT molecular complexity index is 733. The number of hydrogen-bond acceptors (Lipinski definition) is 2. The van der Waals surface area contributed by atoms with Gasteiger partial charge in [-0.2, -0.15) is 0 Å². The van der Waals surface area contributed by atoms with E-state index in [1.54, 1.807) is 11.9 Å². The van der Waals surface area contributed by atoms with Crippen LogP contribution in [0.2, 0.25) is 0 Å². The Hall–Kier alpha value is -2.62. The molecule has 2 amide bonds. The van der Waals surface area contributed by atoms with Crippen molar-refractivity contribution in [3.63, 3.8) is 0 Å². The minimum atomic E-state index is -0.223. The van der Waals surface area contributed by atoms with Gasteiger partial charge in [-0.1, -0.05) is 41.5 Å². The van der Waals surface area contributed by atoms with Gasteiger partial charge < -0.3 is 10.2 Å². The molecular formula is C20H24N2O2. The van der Waals surface area contributed by atoms with E-state index >= 15 is 0 Å². The van der Waals surface area contributed by atoms with Crippen molar-refractivity contribution in [3.8, 4) is 0 Å². The summed E-state index contributed by atoms with van der Waals surface area (Å²) >= 11 is 0. The van der Waals surface area contributed by atoms with Gasteiger partial charge in [-0.25, -0.2) is 0 Å². The van der Waals surface area contributed by atoms with Crippen molar-refractivity contribution in [1.82, 2.24) is 10.2 Å². The van der Waals surface area contributed by atoms with Gasteiger partial charge in [0.05, 0.1) is 6.54 Å². The first kappa shape index (κ1) is 17.7. The summed E-state index contributed by atoms with van der Waals surface area (Å²) in [6, 6.07) is 13.6. The molecule has 126 valence electrons. The molecule has 0 bridgehead atoms. The molecule has 2 aromatic carbocycles. The van der Waals surface area contributed by atoms with Crippen molar-refractivity contribution in [2.75, 3.05) is 13.6 Å². The smallest absolute Gasteiger partial charge is 0.251 e. The minimum absolute atomic E-state index is 0.00575. The summed E-state index contributed by atoms with van der Waals surface area (Å²) in [4.78, 5) is 26.1. The first-order valence-corrected chi connectivity index (χ1v) is 8.02. The van der Waals surface area contributed by atoms with Crippen molar-refractivity contribution < 1.29 is 9.59 Å². The average molecular weight is 324 g/mol. The predicted molar refractivity (Wildman–Crippen MR) is 95.9 cm³/mol. The third kappa shape index (κ3) is 4.69. The Kier molecular flexibility index (Phi) is 5.74. The number of amides is 2. The van der Waals surface area contributed by atoms with E-state index in [0.717, 1.165) is 22.3 Å². The van der Waals surface area contributed by atoms with E-state index in [1.165, 1.54) is 0 Å². The summed E-state index contributed by atoms with van der Waals surface area (Å²) in [6.45, 7) is 6.45. The molecule has 0 fully saturated rings. The lowest BCUT2D eigenvalue weighted by Gasteiger charge is -2.19. The SMILES string of the molecule is Cc1cc(C)cc(C(=O)NCC(=O)N(C)Cc2ccccc2C)c1. The number of carbonyl (C=O) groups excluding carboxylic acids is 2. The zero-order valence-corrected chi connectivity index (χ0v) is 14.7. The molecule has 0 saturated carbocycles. The molecule has 0 spiro atoms. The highest BCUT2D eigenvalue weighted by Crippen LogP contribution is 2.10. The second-order valence-corrected chi connectivity index (χ2v) is 6.24. The van der Waals surface area contributed by atoms with Crippen LogP contribution in [-0.2, 0) is 11.3 Å². The topological polar surface area (TPSA) is 49.4 Å². The number of hydrogen-bond donors (Lipinski definition) is 1. The maximum absolute atomic E-state index is 12.2. The highest BCUT2D eigenvalue weighted by atomic mass is 16.2. The summed E-state index contributed by atoms with van der Waals surface area (Å²) in [5.74, 6) is -0.338. The van der Waals surface area contributed by atoms with Gasteiger partial charge in [-0.15, -0.1) is 0 Å². The van der Waals surface area contributed by atoms with E-state index in [2.05, 4.69) is 5.32 Å². The Labute approximate surface area is 143 Å². The zero-order chi connectivity index (χ0) is 17.7. The second kappa shape index (κ2) is 7.77. The van der Waals surface area contributed by atoms with Crippen LogP contribution < -0.4 is 5.32 Å². The van der Waals surface area contributed by atoms with Crippen LogP contribution in [0.25, 0.3) is 0 Å². The molecule has 0 radical (unpaired) electrons. The lowest BCUT2D eigenvalue weighted by molar-refractivity contribution is -0.129. The molecule has 1 N–H and O–H groups in total. The van der Waals surface area contributed by atoms with E-state index in [0.29, 0.717) is 12.1 Å². The molecule has 0 saturated heterocycles. The molecular weight excluding hydrogens is 300 g/mol. The van der Waals surface area contributed by atoms with E-state index in [-0.39, 0.29) is 18.4 Å². The number of nitrogens with one attached hydrogen (secondary N) is 1. The lowest BCUT2D eigenvalue weighted by atomic mass is 10.1. The van der Waals surface area contributed by atoms with Gasteiger partial charge in [0.1, 0.15) is 0 Å². The third-order valence-electron chi connectivity index (χ3n) is 3.98. The van der Waals surface area contributed by atoms with Crippen LogP contribution in [0.5, 0.6) is 0 Å². The third-order valence-corrected chi connectivity index (χ3v) is 3.98. The Morgan fingerprint density at radius 2 is 1.62 bits per heavy atom. The van der Waals surface area contributed by atoms with Crippen molar-refractivity contribution in [1.29, 1.82) is 0 Å². The maximum Gasteiger partial charge on any atom is 0.251 e. The van der Waals surface area contributed by atoms with Crippen LogP contribution in [0.15, 0.2) is 42.5 Å². The summed E-state index contributed by atoms with van der Waals surface area (Å²) in [7, 11) is 1.75. The number of rotatable bonds is 5. The highest BCUT2D eigenvalue weighted by Gasteiger charge is 2.13. The van der Waals surface area contributed by atoms with Crippen molar-refractivity contribution in [3.05, 3.63) is 70.3 Å². The molecule has 4 nitrogen and oxygen atoms in total. The number of aryl methyl sites for hydroxylation is 3. The first-order valence-electron chi connectivity index (χ1n) is 8.02. The van der Waals surface area contributed by atoms with Gasteiger partial charge in [0.25, 0.3) is 5.91 Å². The quantitative estimate of drug-likeness (QED) is 0.919. The Morgan fingerprint density at radius 1 is 1.00 bits per heavy atom. The van der Waals surface area contributed by atoms with Gasteiger partial charge in [0.15, 0.2) is 0 Å². The zero-order valence-electron chi connectivity index (χ0n) is 14.7. The maximum atomic E-state index is 12.2. The minimum Gasteiger partial charge on any atom is -0.343 e. The van der Waals surface area contributed by atoms with Gasteiger partial charge in [-0.3, -0.25) is 9.59 Å². The Balaban J connectivity index is 1.92. The summed E-state index contributed by atoms with van der Waals surface area (Å²) in [6.07, 6.45) is 0. The highest BCUT2D eigenvalue weighted by molar-refractivity contribution is 5.96. The molecule has 0 aliphatic heterocycles. The molecule has 0 aromatic heterocycles. The molecule has 0 heterocycles. The monoisotopic (exact) mass is 324 g/mol. The van der Waals surface area contributed by atoms with Crippen LogP contribution in [-0.4, -0.2) is 30.3 Å². The van der Waals surface area contributed by atoms with Gasteiger partial charge in [0, 0.05) is 19.2 Å². The van der Waals surface area contributed by atoms with Crippen LogP contribution in [0, 0.1) is 20.8 Å². The van der Waals surface area contributed by atoms with Gasteiger partial charge in [0.2, 0.25) is 5.91 Å². The van der Waals surface area contributed by atoms with E-state index in [9.17, 15) is 9.59 Å². The van der Waals surface area contributed by atoms with Crippen molar-refractivity contribution >= 4 is 11.8 Å². The van der Waals surface area contributed by atoms with Crippen LogP contribution in [0.1, 0.15) is 32.6 Å². The largest absolute Gasteiger partial charge is 0.343 e. The molecule has 0 aliphatic rings.